The molecule has 0 radical (unpaired) electrons. The van der Waals surface area contributed by atoms with E-state index in [1.807, 2.05) is 0 Å². The molecule has 112 valence electrons. The van der Waals surface area contributed by atoms with E-state index in [0.717, 1.165) is 0 Å². The van der Waals surface area contributed by atoms with Crippen LogP contribution in [0.25, 0.3) is 0 Å². The lowest BCUT2D eigenvalue weighted by atomic mass is 10.0. The molecule has 2 rings (SSSR count). The zero-order valence-corrected chi connectivity index (χ0v) is 12.5. The number of halogens is 1. The first-order chi connectivity index (χ1) is 9.88. The van der Waals surface area contributed by atoms with Crippen molar-refractivity contribution in [2.75, 3.05) is 5.32 Å². The molecule has 0 heterocycles. The minimum atomic E-state index is -0.873. The summed E-state index contributed by atoms with van der Waals surface area (Å²) in [6.07, 6.45) is 1.36. The SMILES string of the molecule is O=C(O)C1CCC(C(=O)Nc2ccc([N+](=O)[O-])cc2Br)C1. The van der Waals surface area contributed by atoms with Gasteiger partial charge in [-0.3, -0.25) is 19.7 Å². The van der Waals surface area contributed by atoms with Gasteiger partial charge in [0.15, 0.2) is 0 Å². The number of aliphatic carboxylic acids is 1. The lowest BCUT2D eigenvalue weighted by molar-refractivity contribution is -0.384. The van der Waals surface area contributed by atoms with Crippen molar-refractivity contribution < 1.29 is 19.6 Å². The Labute approximate surface area is 128 Å². The van der Waals surface area contributed by atoms with Crippen LogP contribution in [0.15, 0.2) is 22.7 Å². The second kappa shape index (κ2) is 6.21. The van der Waals surface area contributed by atoms with Gasteiger partial charge in [-0.25, -0.2) is 0 Å². The third kappa shape index (κ3) is 3.57. The summed E-state index contributed by atoms with van der Waals surface area (Å²) in [5, 5.41) is 22.2. The monoisotopic (exact) mass is 356 g/mol. The van der Waals surface area contributed by atoms with Crippen LogP contribution in [0, 0.1) is 22.0 Å². The predicted octanol–water partition coefficient (Wildman–Crippen LogP) is 2.80. The highest BCUT2D eigenvalue weighted by atomic mass is 79.9. The molecule has 1 aliphatic rings. The number of nitro benzene ring substituents is 1. The normalized spacial score (nSPS) is 21.0. The van der Waals surface area contributed by atoms with Gasteiger partial charge in [-0.05, 0) is 41.3 Å². The summed E-state index contributed by atoms with van der Waals surface area (Å²) in [6.45, 7) is 0. The summed E-state index contributed by atoms with van der Waals surface area (Å²) < 4.78 is 0.415. The molecular weight excluding hydrogens is 344 g/mol. The van der Waals surface area contributed by atoms with E-state index in [4.69, 9.17) is 5.11 Å². The van der Waals surface area contributed by atoms with E-state index >= 15 is 0 Å². The molecule has 8 heteroatoms. The number of non-ortho nitro benzene ring substituents is 1. The molecule has 2 unspecified atom stereocenters. The maximum atomic E-state index is 12.1. The molecule has 1 amide bonds. The fourth-order valence-corrected chi connectivity index (χ4v) is 2.86. The number of carbonyl (C=O) groups excluding carboxylic acids is 1. The quantitative estimate of drug-likeness (QED) is 0.636. The number of benzene rings is 1. The first kappa shape index (κ1) is 15.4. The molecule has 0 spiro atoms. The number of carboxylic acids is 1. The number of amides is 1. The molecule has 0 aliphatic heterocycles. The van der Waals surface area contributed by atoms with Gasteiger partial charge in [0.25, 0.3) is 5.69 Å². The van der Waals surface area contributed by atoms with E-state index in [9.17, 15) is 19.7 Å². The lowest BCUT2D eigenvalue weighted by Crippen LogP contribution is -2.21. The van der Waals surface area contributed by atoms with Crippen molar-refractivity contribution in [2.24, 2.45) is 11.8 Å². The van der Waals surface area contributed by atoms with Crippen LogP contribution < -0.4 is 5.32 Å². The van der Waals surface area contributed by atoms with Gasteiger partial charge in [0.1, 0.15) is 0 Å². The van der Waals surface area contributed by atoms with Crippen LogP contribution >= 0.6 is 15.9 Å². The maximum Gasteiger partial charge on any atom is 0.306 e. The van der Waals surface area contributed by atoms with E-state index in [1.54, 1.807) is 0 Å². The molecule has 1 aromatic rings. The first-order valence-corrected chi connectivity index (χ1v) is 7.15. The largest absolute Gasteiger partial charge is 0.481 e. The Balaban J connectivity index is 2.03. The summed E-state index contributed by atoms with van der Waals surface area (Å²) in [7, 11) is 0. The highest BCUT2D eigenvalue weighted by Gasteiger charge is 2.34. The van der Waals surface area contributed by atoms with Crippen LogP contribution in [0.5, 0.6) is 0 Å². The number of rotatable bonds is 4. The fourth-order valence-electron chi connectivity index (χ4n) is 2.40. The second-order valence-electron chi connectivity index (χ2n) is 4.96. The maximum absolute atomic E-state index is 12.1. The number of nitrogens with one attached hydrogen (secondary N) is 1. The van der Waals surface area contributed by atoms with Gasteiger partial charge in [0, 0.05) is 22.5 Å². The zero-order valence-electron chi connectivity index (χ0n) is 10.9. The van der Waals surface area contributed by atoms with Crippen LogP contribution in [0.2, 0.25) is 0 Å². The summed E-state index contributed by atoms with van der Waals surface area (Å²) in [5.74, 6) is -1.94. The molecular formula is C13H13BrN2O5. The molecule has 1 saturated carbocycles. The number of carbonyl (C=O) groups is 2. The van der Waals surface area contributed by atoms with E-state index in [2.05, 4.69) is 21.2 Å². The van der Waals surface area contributed by atoms with Crippen molar-refractivity contribution in [3.05, 3.63) is 32.8 Å². The van der Waals surface area contributed by atoms with Gasteiger partial charge in [0.2, 0.25) is 5.91 Å². The number of hydrogen-bond acceptors (Lipinski definition) is 4. The summed E-state index contributed by atoms with van der Waals surface area (Å²) in [4.78, 5) is 33.1. The van der Waals surface area contributed by atoms with Crippen molar-refractivity contribution >= 4 is 39.2 Å². The summed E-state index contributed by atoms with van der Waals surface area (Å²) >= 11 is 3.17. The number of nitro groups is 1. The first-order valence-electron chi connectivity index (χ1n) is 6.36. The van der Waals surface area contributed by atoms with E-state index in [-0.39, 0.29) is 17.5 Å². The van der Waals surface area contributed by atoms with Gasteiger partial charge in [0.05, 0.1) is 16.5 Å². The highest BCUT2D eigenvalue weighted by molar-refractivity contribution is 9.10. The van der Waals surface area contributed by atoms with Crippen molar-refractivity contribution in [3.8, 4) is 0 Å². The van der Waals surface area contributed by atoms with Crippen LogP contribution in [0.1, 0.15) is 19.3 Å². The Bertz CT molecular complexity index is 604. The Morgan fingerprint density at radius 2 is 2.00 bits per heavy atom. The second-order valence-corrected chi connectivity index (χ2v) is 5.81. The summed E-state index contributed by atoms with van der Waals surface area (Å²) in [5.41, 5.74) is 0.357. The highest BCUT2D eigenvalue weighted by Crippen LogP contribution is 2.33. The summed E-state index contributed by atoms with van der Waals surface area (Å²) in [6, 6.07) is 4.06. The smallest absolute Gasteiger partial charge is 0.306 e. The molecule has 2 atom stereocenters. The zero-order chi connectivity index (χ0) is 15.6. The van der Waals surface area contributed by atoms with Gasteiger partial charge < -0.3 is 10.4 Å². The average molecular weight is 357 g/mol. The number of carboxylic acid groups (broad SMARTS) is 1. The van der Waals surface area contributed by atoms with Crippen LogP contribution in [-0.2, 0) is 9.59 Å². The van der Waals surface area contributed by atoms with E-state index < -0.39 is 16.8 Å². The molecule has 1 aliphatic carbocycles. The van der Waals surface area contributed by atoms with Gasteiger partial charge in [-0.15, -0.1) is 0 Å². The van der Waals surface area contributed by atoms with Crippen molar-refractivity contribution in [3.63, 3.8) is 0 Å². The predicted molar refractivity (Wildman–Crippen MR) is 77.9 cm³/mol. The number of anilines is 1. The fraction of sp³-hybridized carbons (Fsp3) is 0.385. The average Bonchev–Trinajstić information content (AvgIpc) is 2.90. The Morgan fingerprint density at radius 1 is 1.33 bits per heavy atom. The Hall–Kier alpha value is -1.96. The minimum Gasteiger partial charge on any atom is -0.481 e. The third-order valence-corrected chi connectivity index (χ3v) is 4.23. The molecule has 0 bridgehead atoms. The number of nitrogens with zero attached hydrogens (tertiary/aromatic N) is 1. The van der Waals surface area contributed by atoms with E-state index in [0.29, 0.717) is 29.4 Å². The Morgan fingerprint density at radius 3 is 2.52 bits per heavy atom. The van der Waals surface area contributed by atoms with Gasteiger partial charge >= 0.3 is 5.97 Å². The molecule has 0 aromatic heterocycles. The standard InChI is InChI=1S/C13H13BrN2O5/c14-10-6-9(16(20)21)3-4-11(10)15-12(17)7-1-2-8(5-7)13(18)19/h3-4,6-8H,1-2,5H2,(H,15,17)(H,18,19). The molecule has 2 N–H and O–H groups in total. The van der Waals surface area contributed by atoms with Crippen LogP contribution in [0.3, 0.4) is 0 Å². The van der Waals surface area contributed by atoms with Gasteiger partial charge in [-0.2, -0.15) is 0 Å². The van der Waals surface area contributed by atoms with Crippen LogP contribution in [0.4, 0.5) is 11.4 Å². The molecule has 21 heavy (non-hydrogen) atoms. The molecule has 0 saturated heterocycles. The van der Waals surface area contributed by atoms with Gasteiger partial charge in [-0.1, -0.05) is 0 Å². The number of hydrogen-bond donors (Lipinski definition) is 2. The van der Waals surface area contributed by atoms with Crippen molar-refractivity contribution in [2.45, 2.75) is 19.3 Å². The van der Waals surface area contributed by atoms with Crippen molar-refractivity contribution in [1.82, 2.24) is 0 Å². The minimum absolute atomic E-state index is 0.0771. The lowest BCUT2D eigenvalue weighted by Gasteiger charge is -2.12. The molecule has 7 nitrogen and oxygen atoms in total. The Kier molecular flexibility index (Phi) is 4.56. The van der Waals surface area contributed by atoms with Crippen LogP contribution in [-0.4, -0.2) is 21.9 Å². The third-order valence-electron chi connectivity index (χ3n) is 3.57. The molecule has 1 fully saturated rings. The van der Waals surface area contributed by atoms with E-state index in [1.165, 1.54) is 18.2 Å². The topological polar surface area (TPSA) is 110 Å². The van der Waals surface area contributed by atoms with Crippen molar-refractivity contribution in [1.29, 1.82) is 0 Å². The molecule has 1 aromatic carbocycles.